The topological polar surface area (TPSA) is 131 Å². The second kappa shape index (κ2) is 4.59. The van der Waals surface area contributed by atoms with E-state index in [2.05, 4.69) is 0 Å². The molecular formula is C15H10O7. The summed E-state index contributed by atoms with van der Waals surface area (Å²) in [6.07, 6.45) is 0. The summed E-state index contributed by atoms with van der Waals surface area (Å²) in [7, 11) is 0. The third-order valence-corrected chi connectivity index (χ3v) is 3.22. The van der Waals surface area contributed by atoms with Crippen LogP contribution in [0, 0.1) is 0 Å². The zero-order chi connectivity index (χ0) is 16.0. The van der Waals surface area contributed by atoms with Gasteiger partial charge in [0.25, 0.3) is 0 Å². The van der Waals surface area contributed by atoms with Crippen LogP contribution in [0.15, 0.2) is 39.5 Å². The van der Waals surface area contributed by atoms with Crippen molar-refractivity contribution in [1.29, 1.82) is 0 Å². The fraction of sp³-hybridized carbons (Fsp3) is 0. The summed E-state index contributed by atoms with van der Waals surface area (Å²) < 4.78 is 5.35. The minimum atomic E-state index is -1.08. The monoisotopic (exact) mass is 302 g/mol. The summed E-state index contributed by atoms with van der Waals surface area (Å²) in [6, 6.07) is 6.90. The maximum absolute atomic E-state index is 11.8. The Hall–Kier alpha value is -3.35. The molecule has 7 nitrogen and oxygen atoms in total. The molecule has 7 heteroatoms. The van der Waals surface area contributed by atoms with Gasteiger partial charge in [-0.05, 0) is 24.3 Å². The van der Waals surface area contributed by atoms with Gasteiger partial charge in [-0.15, -0.1) is 0 Å². The van der Waals surface area contributed by atoms with Crippen LogP contribution in [-0.4, -0.2) is 25.5 Å². The highest BCUT2D eigenvalue weighted by Gasteiger charge is 2.28. The van der Waals surface area contributed by atoms with Gasteiger partial charge in [-0.3, -0.25) is 4.79 Å². The highest BCUT2D eigenvalue weighted by Crippen LogP contribution is 2.46. The number of hydrogen-bond acceptors (Lipinski definition) is 7. The van der Waals surface area contributed by atoms with Gasteiger partial charge < -0.3 is 29.9 Å². The molecule has 5 N–H and O–H groups in total. The van der Waals surface area contributed by atoms with Crippen molar-refractivity contribution in [2.75, 3.05) is 0 Å². The van der Waals surface area contributed by atoms with E-state index in [0.717, 1.165) is 6.07 Å². The first-order valence-electron chi connectivity index (χ1n) is 6.13. The van der Waals surface area contributed by atoms with E-state index >= 15 is 0 Å². The molecule has 112 valence electrons. The van der Waals surface area contributed by atoms with E-state index in [4.69, 9.17) is 4.42 Å². The highest BCUT2D eigenvalue weighted by atomic mass is 16.4. The van der Waals surface area contributed by atoms with Crippen LogP contribution < -0.4 is 5.43 Å². The minimum Gasteiger partial charge on any atom is -0.508 e. The van der Waals surface area contributed by atoms with Gasteiger partial charge >= 0.3 is 0 Å². The van der Waals surface area contributed by atoms with Crippen molar-refractivity contribution in [1.82, 2.24) is 0 Å². The number of phenolic OH excluding ortho intramolecular Hbond substituents is 4. The summed E-state index contributed by atoms with van der Waals surface area (Å²) >= 11 is 0. The van der Waals surface area contributed by atoms with E-state index in [1.54, 1.807) is 0 Å². The largest absolute Gasteiger partial charge is 0.508 e. The fourth-order valence-corrected chi connectivity index (χ4v) is 2.10. The van der Waals surface area contributed by atoms with E-state index in [-0.39, 0.29) is 11.5 Å². The van der Waals surface area contributed by atoms with Crippen molar-refractivity contribution in [2.45, 2.75) is 0 Å². The van der Waals surface area contributed by atoms with Crippen molar-refractivity contribution in [2.24, 2.45) is 0 Å². The number of benzene rings is 2. The molecule has 0 unspecified atom stereocenters. The zero-order valence-electron chi connectivity index (χ0n) is 10.9. The molecule has 0 atom stereocenters. The molecule has 0 saturated carbocycles. The van der Waals surface area contributed by atoms with E-state index in [1.807, 2.05) is 0 Å². The summed E-state index contributed by atoms with van der Waals surface area (Å²) in [5, 5.41) is 48.0. The first-order valence-corrected chi connectivity index (χ1v) is 6.13. The molecule has 0 saturated heterocycles. The third kappa shape index (κ3) is 1.87. The van der Waals surface area contributed by atoms with Gasteiger partial charge in [0.2, 0.25) is 22.7 Å². The normalized spacial score (nSPS) is 10.9. The van der Waals surface area contributed by atoms with E-state index in [1.165, 1.54) is 24.3 Å². The molecular weight excluding hydrogens is 292 g/mol. The van der Waals surface area contributed by atoms with E-state index in [9.17, 15) is 30.3 Å². The summed E-state index contributed by atoms with van der Waals surface area (Å²) in [6.45, 7) is 0. The Morgan fingerprint density at radius 2 is 1.45 bits per heavy atom. The predicted molar refractivity (Wildman–Crippen MR) is 75.4 cm³/mol. The van der Waals surface area contributed by atoms with E-state index < -0.39 is 39.8 Å². The van der Waals surface area contributed by atoms with Gasteiger partial charge in [0, 0.05) is 11.6 Å². The molecule has 0 fully saturated rings. The molecule has 3 rings (SSSR count). The molecule has 1 aliphatic carbocycles. The van der Waals surface area contributed by atoms with Crippen LogP contribution in [-0.2, 0) is 0 Å². The smallest absolute Gasteiger partial charge is 0.239 e. The molecule has 1 heterocycles. The molecule has 0 spiro atoms. The first kappa shape index (κ1) is 13.6. The number of hydrogen-bond donors (Lipinski definition) is 5. The number of rotatable bonds is 1. The van der Waals surface area contributed by atoms with Crippen molar-refractivity contribution in [3.8, 4) is 51.4 Å². The minimum absolute atomic E-state index is 0.0287. The van der Waals surface area contributed by atoms with Crippen molar-refractivity contribution in [3.05, 3.63) is 40.6 Å². The Morgan fingerprint density at radius 1 is 0.818 bits per heavy atom. The van der Waals surface area contributed by atoms with Crippen LogP contribution in [0.4, 0.5) is 0 Å². The molecule has 1 aromatic rings. The lowest BCUT2D eigenvalue weighted by atomic mass is 10.0. The van der Waals surface area contributed by atoms with Crippen LogP contribution in [0.1, 0.15) is 0 Å². The van der Waals surface area contributed by atoms with Crippen molar-refractivity contribution in [3.63, 3.8) is 0 Å². The Morgan fingerprint density at radius 3 is 2.09 bits per heavy atom. The summed E-state index contributed by atoms with van der Waals surface area (Å²) in [5.74, 6) is -3.83. The highest BCUT2D eigenvalue weighted by molar-refractivity contribution is 5.80. The number of aromatic hydroxyl groups is 5. The lowest BCUT2D eigenvalue weighted by Crippen LogP contribution is -2.06. The molecule has 1 aromatic carbocycles. The Labute approximate surface area is 122 Å². The van der Waals surface area contributed by atoms with E-state index in [0.29, 0.717) is 5.56 Å². The van der Waals surface area contributed by atoms with Crippen LogP contribution in [0.3, 0.4) is 0 Å². The molecule has 0 amide bonds. The maximum atomic E-state index is 11.8. The Bertz CT molecular complexity index is 893. The molecule has 0 radical (unpaired) electrons. The fourth-order valence-electron chi connectivity index (χ4n) is 2.10. The SMILES string of the molecule is O=c1c(O)c(O)c(O)c2oc(-c3ccc(O)cc3)cc(O)c1-2. The predicted octanol–water partition coefficient (Wildman–Crippen LogP) is 1.94. The van der Waals surface area contributed by atoms with Gasteiger partial charge in [0.05, 0.1) is 0 Å². The van der Waals surface area contributed by atoms with Crippen LogP contribution in [0.5, 0.6) is 28.7 Å². The summed E-state index contributed by atoms with van der Waals surface area (Å²) in [4.78, 5) is 11.8. The lowest BCUT2D eigenvalue weighted by molar-refractivity contribution is 0.356. The first-order chi connectivity index (χ1) is 10.4. The molecule has 2 aliphatic rings. The third-order valence-electron chi connectivity index (χ3n) is 3.22. The Balaban J connectivity index is 2.36. The average Bonchev–Trinajstić information content (AvgIpc) is 2.50. The molecule has 0 bridgehead atoms. The van der Waals surface area contributed by atoms with Crippen molar-refractivity contribution >= 4 is 0 Å². The van der Waals surface area contributed by atoms with Gasteiger partial charge in [-0.2, -0.15) is 0 Å². The summed E-state index contributed by atoms with van der Waals surface area (Å²) in [5.41, 5.74) is -1.06. The molecule has 22 heavy (non-hydrogen) atoms. The quantitative estimate of drug-likeness (QED) is 0.434. The van der Waals surface area contributed by atoms with Crippen LogP contribution >= 0.6 is 0 Å². The lowest BCUT2D eigenvalue weighted by Gasteiger charge is -2.12. The standard InChI is InChI=1S/C15H10O7/c16-7-3-1-6(2-4-7)9-5-8(17)10-11(18)12(19)13(20)14(21)15(10)22-9/h1-5,16-17,19-21H. The van der Waals surface area contributed by atoms with Gasteiger partial charge in [0.1, 0.15) is 22.8 Å². The molecule has 1 aliphatic heterocycles. The molecule has 0 aromatic heterocycles. The Kier molecular flexibility index (Phi) is 2.84. The number of fused-ring (bicyclic) bond motifs is 1. The van der Waals surface area contributed by atoms with Crippen LogP contribution in [0.2, 0.25) is 0 Å². The zero-order valence-corrected chi connectivity index (χ0v) is 10.9. The van der Waals surface area contributed by atoms with Crippen LogP contribution in [0.25, 0.3) is 22.6 Å². The second-order valence-corrected chi connectivity index (χ2v) is 4.62. The maximum Gasteiger partial charge on any atom is 0.239 e. The second-order valence-electron chi connectivity index (χ2n) is 4.62. The van der Waals surface area contributed by atoms with Crippen molar-refractivity contribution < 1.29 is 29.9 Å². The van der Waals surface area contributed by atoms with Gasteiger partial charge in [-0.1, -0.05) is 0 Å². The average molecular weight is 302 g/mol. The van der Waals surface area contributed by atoms with Gasteiger partial charge in [0.15, 0.2) is 5.76 Å². The van der Waals surface area contributed by atoms with Gasteiger partial charge in [-0.25, -0.2) is 0 Å². The number of phenols is 4.